The van der Waals surface area contributed by atoms with Gasteiger partial charge in [0.1, 0.15) is 17.9 Å². The van der Waals surface area contributed by atoms with Crippen molar-refractivity contribution in [1.29, 1.82) is 0 Å². The van der Waals surface area contributed by atoms with Crippen LogP contribution in [0.5, 0.6) is 5.75 Å². The van der Waals surface area contributed by atoms with E-state index < -0.39 is 11.6 Å². The Morgan fingerprint density at radius 2 is 1.96 bits per heavy atom. The van der Waals surface area contributed by atoms with Gasteiger partial charge in [-0.15, -0.1) is 0 Å². The third kappa shape index (κ3) is 3.01. The minimum Gasteiger partial charge on any atom is -0.508 e. The summed E-state index contributed by atoms with van der Waals surface area (Å²) in [4.78, 5) is 23.9. The van der Waals surface area contributed by atoms with Gasteiger partial charge in [0.25, 0.3) is 0 Å². The number of phenols is 1. The number of benzene rings is 2. The highest BCUT2D eigenvalue weighted by atomic mass is 16.5. The minimum atomic E-state index is -0.564. The number of aromatic hydroxyl groups is 1. The smallest absolute Gasteiger partial charge is 0.338 e. The molecule has 0 saturated carbocycles. The molecule has 5 heteroatoms. The minimum absolute atomic E-state index is 0.00446. The number of phenolic OH excluding ortho intramolecular Hbond substituents is 1. The van der Waals surface area contributed by atoms with E-state index >= 15 is 0 Å². The van der Waals surface area contributed by atoms with Crippen LogP contribution in [0.2, 0.25) is 0 Å². The second-order valence-electron chi connectivity index (χ2n) is 5.59. The van der Waals surface area contributed by atoms with Crippen LogP contribution in [0.4, 0.5) is 0 Å². The summed E-state index contributed by atoms with van der Waals surface area (Å²) < 4.78 is 10.4. The van der Waals surface area contributed by atoms with Crippen LogP contribution in [0.1, 0.15) is 27.0 Å². The van der Waals surface area contributed by atoms with Crippen LogP contribution in [-0.4, -0.2) is 11.1 Å². The van der Waals surface area contributed by atoms with E-state index in [1.54, 1.807) is 18.2 Å². The van der Waals surface area contributed by atoms with Gasteiger partial charge in [0.15, 0.2) is 0 Å². The number of fused-ring (bicyclic) bond motifs is 1. The van der Waals surface area contributed by atoms with Gasteiger partial charge in [-0.25, -0.2) is 9.59 Å². The van der Waals surface area contributed by atoms with Crippen molar-refractivity contribution in [2.45, 2.75) is 20.5 Å². The predicted octanol–water partition coefficient (Wildman–Crippen LogP) is 3.47. The molecule has 2 aromatic carbocycles. The lowest BCUT2D eigenvalue weighted by Crippen LogP contribution is -2.09. The van der Waals surface area contributed by atoms with Crippen LogP contribution in [0, 0.1) is 13.8 Å². The molecule has 0 amide bonds. The van der Waals surface area contributed by atoms with E-state index in [4.69, 9.17) is 9.15 Å². The monoisotopic (exact) mass is 324 g/mol. The highest BCUT2D eigenvalue weighted by Crippen LogP contribution is 2.23. The number of aryl methyl sites for hydroxylation is 1. The van der Waals surface area contributed by atoms with Gasteiger partial charge in [0, 0.05) is 23.1 Å². The van der Waals surface area contributed by atoms with E-state index in [0.717, 1.165) is 11.1 Å². The van der Waals surface area contributed by atoms with Gasteiger partial charge in [-0.2, -0.15) is 0 Å². The molecule has 0 saturated heterocycles. The molecule has 24 heavy (non-hydrogen) atoms. The molecule has 1 aromatic heterocycles. The molecule has 0 spiro atoms. The Morgan fingerprint density at radius 3 is 2.75 bits per heavy atom. The number of rotatable bonds is 3. The molecule has 0 fully saturated rings. The first-order valence-corrected chi connectivity index (χ1v) is 7.45. The van der Waals surface area contributed by atoms with Crippen molar-refractivity contribution in [3.05, 3.63) is 75.1 Å². The average Bonchev–Trinajstić information content (AvgIpc) is 2.54. The normalized spacial score (nSPS) is 10.8. The first-order valence-electron chi connectivity index (χ1n) is 7.45. The van der Waals surface area contributed by atoms with Gasteiger partial charge >= 0.3 is 11.6 Å². The summed E-state index contributed by atoms with van der Waals surface area (Å²) in [5.74, 6) is -0.452. The Kier molecular flexibility index (Phi) is 4.08. The van der Waals surface area contributed by atoms with Crippen molar-refractivity contribution >= 4 is 16.9 Å². The van der Waals surface area contributed by atoms with Crippen LogP contribution in [0.15, 0.2) is 51.7 Å². The van der Waals surface area contributed by atoms with Crippen molar-refractivity contribution < 1.29 is 19.1 Å². The van der Waals surface area contributed by atoms with Crippen LogP contribution in [0.3, 0.4) is 0 Å². The lowest BCUT2D eigenvalue weighted by Gasteiger charge is -2.10. The number of carbonyl (C=O) groups excluding carboxylic acids is 1. The number of hydrogen-bond donors (Lipinski definition) is 1. The summed E-state index contributed by atoms with van der Waals surface area (Å²) in [5, 5.41) is 10.1. The highest BCUT2D eigenvalue weighted by Gasteiger charge is 2.13. The van der Waals surface area contributed by atoms with Crippen molar-refractivity contribution in [3.8, 4) is 5.75 Å². The molecule has 1 N–H and O–H groups in total. The Balaban J connectivity index is 1.89. The molecule has 1 heterocycles. The predicted molar refractivity (Wildman–Crippen MR) is 89.2 cm³/mol. The summed E-state index contributed by atoms with van der Waals surface area (Å²) >= 11 is 0. The van der Waals surface area contributed by atoms with Crippen LogP contribution in [-0.2, 0) is 11.3 Å². The lowest BCUT2D eigenvalue weighted by molar-refractivity contribution is 0.0473. The molecule has 5 nitrogen and oxygen atoms in total. The van der Waals surface area contributed by atoms with Crippen molar-refractivity contribution in [1.82, 2.24) is 0 Å². The molecule has 0 atom stereocenters. The SMILES string of the molecule is Cc1cccc(C(=O)OCc2cc(=O)oc3cc(O)ccc23)c1C. The van der Waals surface area contributed by atoms with Crippen molar-refractivity contribution in [2.24, 2.45) is 0 Å². The average molecular weight is 324 g/mol. The van der Waals surface area contributed by atoms with Crippen LogP contribution < -0.4 is 5.63 Å². The van der Waals surface area contributed by atoms with E-state index in [2.05, 4.69) is 0 Å². The largest absolute Gasteiger partial charge is 0.508 e. The summed E-state index contributed by atoms with van der Waals surface area (Å²) in [5.41, 5.74) is 2.58. The quantitative estimate of drug-likeness (QED) is 0.589. The molecule has 0 aliphatic heterocycles. The Labute approximate surface area is 138 Å². The third-order valence-electron chi connectivity index (χ3n) is 4.00. The summed E-state index contributed by atoms with van der Waals surface area (Å²) in [6.07, 6.45) is 0. The highest BCUT2D eigenvalue weighted by molar-refractivity contribution is 5.91. The second kappa shape index (κ2) is 6.20. The zero-order valence-electron chi connectivity index (χ0n) is 13.3. The molecule has 0 bridgehead atoms. The number of hydrogen-bond acceptors (Lipinski definition) is 5. The van der Waals surface area contributed by atoms with Crippen LogP contribution >= 0.6 is 0 Å². The Morgan fingerprint density at radius 1 is 1.17 bits per heavy atom. The zero-order valence-corrected chi connectivity index (χ0v) is 13.3. The van der Waals surface area contributed by atoms with E-state index in [1.807, 2.05) is 19.9 Å². The number of ether oxygens (including phenoxy) is 1. The fraction of sp³-hybridized carbons (Fsp3) is 0.158. The molecule has 0 unspecified atom stereocenters. The summed E-state index contributed by atoms with van der Waals surface area (Å²) in [6, 6.07) is 11.2. The van der Waals surface area contributed by atoms with E-state index in [9.17, 15) is 14.7 Å². The molecular weight excluding hydrogens is 308 g/mol. The first kappa shape index (κ1) is 15.8. The van der Waals surface area contributed by atoms with Crippen molar-refractivity contribution in [3.63, 3.8) is 0 Å². The molecule has 3 rings (SSSR count). The summed E-state index contributed by atoms with van der Waals surface area (Å²) in [7, 11) is 0. The maximum absolute atomic E-state index is 12.3. The maximum Gasteiger partial charge on any atom is 0.338 e. The number of esters is 1. The zero-order chi connectivity index (χ0) is 17.3. The molecule has 0 aliphatic carbocycles. The van der Waals surface area contributed by atoms with Crippen LogP contribution in [0.25, 0.3) is 11.0 Å². The standard InChI is InChI=1S/C19H16O5/c1-11-4-3-5-15(12(11)2)19(22)23-10-13-8-18(21)24-17-9-14(20)6-7-16(13)17/h3-9,20H,10H2,1-2H3. The van der Waals surface area contributed by atoms with Gasteiger partial charge in [0.05, 0.1) is 5.56 Å². The fourth-order valence-electron chi connectivity index (χ4n) is 2.53. The van der Waals surface area contributed by atoms with Crippen molar-refractivity contribution in [2.75, 3.05) is 0 Å². The lowest BCUT2D eigenvalue weighted by atomic mass is 10.0. The molecule has 122 valence electrons. The Hall–Kier alpha value is -3.08. The summed E-state index contributed by atoms with van der Waals surface area (Å²) in [6.45, 7) is 3.73. The van der Waals surface area contributed by atoms with E-state index in [0.29, 0.717) is 16.5 Å². The molecule has 3 aromatic rings. The second-order valence-corrected chi connectivity index (χ2v) is 5.59. The maximum atomic E-state index is 12.3. The van der Waals surface area contributed by atoms with E-state index in [-0.39, 0.29) is 17.9 Å². The molecule has 0 radical (unpaired) electrons. The molecule has 0 aliphatic rings. The fourth-order valence-corrected chi connectivity index (χ4v) is 2.53. The van der Waals surface area contributed by atoms with Gasteiger partial charge in [-0.3, -0.25) is 0 Å². The number of carbonyl (C=O) groups is 1. The first-order chi connectivity index (χ1) is 11.5. The van der Waals surface area contributed by atoms with Gasteiger partial charge in [-0.05, 0) is 43.2 Å². The van der Waals surface area contributed by atoms with Gasteiger partial charge in [0.2, 0.25) is 0 Å². The molecular formula is C19H16O5. The Bertz CT molecular complexity index is 985. The van der Waals surface area contributed by atoms with Gasteiger partial charge < -0.3 is 14.3 Å². The van der Waals surface area contributed by atoms with E-state index in [1.165, 1.54) is 18.2 Å². The van der Waals surface area contributed by atoms with Gasteiger partial charge in [-0.1, -0.05) is 12.1 Å². The third-order valence-corrected chi connectivity index (χ3v) is 4.00. The topological polar surface area (TPSA) is 76.7 Å².